The lowest BCUT2D eigenvalue weighted by atomic mass is 10.1. The van der Waals surface area contributed by atoms with Crippen molar-refractivity contribution in [3.05, 3.63) is 48.0 Å². The van der Waals surface area contributed by atoms with Crippen molar-refractivity contribution in [3.63, 3.8) is 0 Å². The molecule has 0 saturated carbocycles. The van der Waals surface area contributed by atoms with Crippen molar-refractivity contribution in [1.29, 1.82) is 0 Å². The van der Waals surface area contributed by atoms with Gasteiger partial charge in [0.25, 0.3) is 0 Å². The van der Waals surface area contributed by atoms with Crippen molar-refractivity contribution < 1.29 is 4.42 Å². The molecule has 1 aromatic carbocycles. The minimum atomic E-state index is 0.443. The van der Waals surface area contributed by atoms with E-state index in [0.717, 1.165) is 29.7 Å². The van der Waals surface area contributed by atoms with Crippen LogP contribution < -0.4 is 5.32 Å². The van der Waals surface area contributed by atoms with Gasteiger partial charge in [0.15, 0.2) is 0 Å². The highest BCUT2D eigenvalue weighted by atomic mass is 16.4. The zero-order chi connectivity index (χ0) is 14.5. The van der Waals surface area contributed by atoms with Crippen LogP contribution in [-0.4, -0.2) is 20.4 Å². The molecule has 0 spiro atoms. The Kier molecular flexibility index (Phi) is 3.95. The molecule has 0 radical (unpaired) electrons. The van der Waals surface area contributed by atoms with Gasteiger partial charge in [-0.25, -0.2) is 0 Å². The minimum absolute atomic E-state index is 0.443. The lowest BCUT2D eigenvalue weighted by molar-refractivity contribution is 0.501. The molecule has 3 rings (SSSR count). The lowest BCUT2D eigenvalue weighted by Crippen LogP contribution is -2.00. The number of nitrogens with one attached hydrogen (secondary N) is 2. The molecular weight excluding hydrogens is 266 g/mol. The van der Waals surface area contributed by atoms with Crippen molar-refractivity contribution in [3.8, 4) is 11.3 Å². The van der Waals surface area contributed by atoms with E-state index in [1.54, 1.807) is 6.20 Å². The minimum Gasteiger partial charge on any atom is -0.408 e. The molecule has 0 amide bonds. The van der Waals surface area contributed by atoms with Crippen LogP contribution >= 0.6 is 0 Å². The third-order valence-corrected chi connectivity index (χ3v) is 3.14. The van der Waals surface area contributed by atoms with Gasteiger partial charge in [-0.1, -0.05) is 42.4 Å². The van der Waals surface area contributed by atoms with Crippen LogP contribution in [0.25, 0.3) is 11.3 Å². The summed E-state index contributed by atoms with van der Waals surface area (Å²) in [5.74, 6) is 0.662. The topological polar surface area (TPSA) is 79.6 Å². The first kappa shape index (κ1) is 13.4. The second kappa shape index (κ2) is 6.21. The van der Waals surface area contributed by atoms with E-state index in [2.05, 4.69) is 32.6 Å². The maximum atomic E-state index is 5.50. The van der Waals surface area contributed by atoms with Gasteiger partial charge in [-0.05, 0) is 12.0 Å². The number of anilines is 1. The van der Waals surface area contributed by atoms with Crippen LogP contribution in [0.15, 0.2) is 40.9 Å². The fraction of sp³-hybridized carbons (Fsp3) is 0.267. The van der Waals surface area contributed by atoms with E-state index in [1.165, 1.54) is 0 Å². The third kappa shape index (κ3) is 3.10. The molecule has 21 heavy (non-hydrogen) atoms. The van der Waals surface area contributed by atoms with Crippen molar-refractivity contribution in [2.75, 3.05) is 5.32 Å². The van der Waals surface area contributed by atoms with E-state index >= 15 is 0 Å². The van der Waals surface area contributed by atoms with Crippen LogP contribution in [0.4, 0.5) is 6.01 Å². The summed E-state index contributed by atoms with van der Waals surface area (Å²) < 4.78 is 5.50. The second-order valence-electron chi connectivity index (χ2n) is 4.74. The summed E-state index contributed by atoms with van der Waals surface area (Å²) in [7, 11) is 0. The Morgan fingerprint density at radius 3 is 2.86 bits per heavy atom. The van der Waals surface area contributed by atoms with Gasteiger partial charge >= 0.3 is 6.01 Å². The highest BCUT2D eigenvalue weighted by Gasteiger charge is 2.09. The van der Waals surface area contributed by atoms with Crippen LogP contribution in [-0.2, 0) is 13.0 Å². The quantitative estimate of drug-likeness (QED) is 0.727. The van der Waals surface area contributed by atoms with E-state index < -0.39 is 0 Å². The second-order valence-corrected chi connectivity index (χ2v) is 4.74. The number of rotatable bonds is 6. The fourth-order valence-corrected chi connectivity index (χ4v) is 2.11. The molecule has 0 unspecified atom stereocenters. The van der Waals surface area contributed by atoms with Crippen molar-refractivity contribution in [1.82, 2.24) is 20.4 Å². The summed E-state index contributed by atoms with van der Waals surface area (Å²) in [5, 5.41) is 18.2. The molecule has 0 aliphatic heterocycles. The highest BCUT2D eigenvalue weighted by molar-refractivity contribution is 5.62. The zero-order valence-corrected chi connectivity index (χ0v) is 11.8. The molecule has 0 aliphatic carbocycles. The van der Waals surface area contributed by atoms with Crippen LogP contribution in [0.5, 0.6) is 0 Å². The van der Waals surface area contributed by atoms with Gasteiger partial charge in [-0.2, -0.15) is 5.10 Å². The molecule has 2 aromatic heterocycles. The van der Waals surface area contributed by atoms with E-state index in [0.29, 0.717) is 18.5 Å². The Bertz CT molecular complexity index is 689. The first-order valence-electron chi connectivity index (χ1n) is 7.00. The average Bonchev–Trinajstić information content (AvgIpc) is 3.15. The van der Waals surface area contributed by atoms with Crippen LogP contribution in [0.3, 0.4) is 0 Å². The number of aromatic nitrogens is 4. The highest BCUT2D eigenvalue weighted by Crippen LogP contribution is 2.21. The van der Waals surface area contributed by atoms with Crippen molar-refractivity contribution in [2.24, 2.45) is 0 Å². The van der Waals surface area contributed by atoms with Gasteiger partial charge in [0, 0.05) is 18.5 Å². The third-order valence-electron chi connectivity index (χ3n) is 3.14. The summed E-state index contributed by atoms with van der Waals surface area (Å²) >= 11 is 0. The van der Waals surface area contributed by atoms with Crippen molar-refractivity contribution in [2.45, 2.75) is 26.3 Å². The number of hydrogen-bond donors (Lipinski definition) is 2. The van der Waals surface area contributed by atoms with Crippen LogP contribution in [0.1, 0.15) is 24.8 Å². The maximum absolute atomic E-state index is 5.50. The number of aryl methyl sites for hydroxylation is 1. The Labute approximate surface area is 122 Å². The Morgan fingerprint density at radius 1 is 1.19 bits per heavy atom. The Hall–Kier alpha value is -2.63. The standard InChI is InChI=1S/C15H17N5O/c1-2-6-13-18-20-15(21-13)16-9-12-10-17-19-14(12)11-7-4-3-5-8-11/h3-5,7-8,10H,2,6,9H2,1H3,(H,16,20)(H,17,19). The first-order valence-corrected chi connectivity index (χ1v) is 7.00. The molecule has 0 bridgehead atoms. The molecule has 6 nitrogen and oxygen atoms in total. The molecule has 0 atom stereocenters. The predicted octanol–water partition coefficient (Wildman–Crippen LogP) is 3.02. The van der Waals surface area contributed by atoms with Gasteiger partial charge in [0.05, 0.1) is 11.9 Å². The first-order chi connectivity index (χ1) is 10.4. The number of nitrogens with zero attached hydrogens (tertiary/aromatic N) is 3. The largest absolute Gasteiger partial charge is 0.408 e. The SMILES string of the molecule is CCCc1nnc(NCc2cn[nH]c2-c2ccccc2)o1. The molecule has 2 heterocycles. The van der Waals surface area contributed by atoms with Gasteiger partial charge in [0.2, 0.25) is 5.89 Å². The van der Waals surface area contributed by atoms with Gasteiger partial charge in [-0.15, -0.1) is 5.10 Å². The molecule has 0 fully saturated rings. The number of benzene rings is 1. The Morgan fingerprint density at radius 2 is 2.05 bits per heavy atom. The summed E-state index contributed by atoms with van der Waals surface area (Å²) in [5.41, 5.74) is 3.15. The summed E-state index contributed by atoms with van der Waals surface area (Å²) in [6, 6.07) is 10.5. The van der Waals surface area contributed by atoms with Crippen LogP contribution in [0, 0.1) is 0 Å². The van der Waals surface area contributed by atoms with E-state index in [4.69, 9.17) is 4.42 Å². The number of aromatic amines is 1. The normalized spacial score (nSPS) is 10.7. The molecule has 3 aromatic rings. The number of H-pyrrole nitrogens is 1. The molecule has 108 valence electrons. The van der Waals surface area contributed by atoms with Crippen molar-refractivity contribution >= 4 is 6.01 Å². The molecule has 2 N–H and O–H groups in total. The van der Waals surface area contributed by atoms with E-state index in [9.17, 15) is 0 Å². The van der Waals surface area contributed by atoms with E-state index in [-0.39, 0.29) is 0 Å². The van der Waals surface area contributed by atoms with Gasteiger partial charge in [-0.3, -0.25) is 5.10 Å². The summed E-state index contributed by atoms with van der Waals surface area (Å²) in [4.78, 5) is 0. The predicted molar refractivity (Wildman–Crippen MR) is 79.6 cm³/mol. The summed E-state index contributed by atoms with van der Waals surface area (Å²) in [6.45, 7) is 2.66. The van der Waals surface area contributed by atoms with Crippen LogP contribution in [0.2, 0.25) is 0 Å². The lowest BCUT2D eigenvalue weighted by Gasteiger charge is -2.03. The van der Waals surface area contributed by atoms with E-state index in [1.807, 2.05) is 30.3 Å². The zero-order valence-electron chi connectivity index (χ0n) is 11.8. The molecule has 0 aliphatic rings. The van der Waals surface area contributed by atoms with Gasteiger partial charge < -0.3 is 9.73 Å². The Balaban J connectivity index is 1.70. The summed E-state index contributed by atoms with van der Waals surface area (Å²) in [6.07, 6.45) is 3.59. The molecule has 6 heteroatoms. The molecule has 0 saturated heterocycles. The maximum Gasteiger partial charge on any atom is 0.315 e. The molecular formula is C15H17N5O. The fourth-order valence-electron chi connectivity index (χ4n) is 2.11. The monoisotopic (exact) mass is 283 g/mol. The average molecular weight is 283 g/mol. The van der Waals surface area contributed by atoms with Gasteiger partial charge in [0.1, 0.15) is 0 Å². The number of hydrogen-bond acceptors (Lipinski definition) is 5. The smallest absolute Gasteiger partial charge is 0.315 e.